The molecular formula is C12H18O2. The molecule has 1 atom stereocenters. The Kier molecular flexibility index (Phi) is 3.96. The minimum atomic E-state index is -0.419. The predicted molar refractivity (Wildman–Crippen MR) is 57.7 cm³/mol. The van der Waals surface area contributed by atoms with Crippen molar-refractivity contribution in [2.75, 3.05) is 6.61 Å². The summed E-state index contributed by atoms with van der Waals surface area (Å²) in [4.78, 5) is 0. The van der Waals surface area contributed by atoms with Gasteiger partial charge in [-0.1, -0.05) is 26.0 Å². The van der Waals surface area contributed by atoms with Crippen LogP contribution >= 0.6 is 0 Å². The van der Waals surface area contributed by atoms with E-state index < -0.39 is 6.10 Å². The van der Waals surface area contributed by atoms with Gasteiger partial charge in [-0.2, -0.15) is 0 Å². The van der Waals surface area contributed by atoms with Crippen LogP contribution in [0.1, 0.15) is 32.3 Å². The maximum atomic E-state index is 9.07. The van der Waals surface area contributed by atoms with Crippen LogP contribution in [0.3, 0.4) is 0 Å². The van der Waals surface area contributed by atoms with Crippen molar-refractivity contribution >= 4 is 0 Å². The normalized spacial score (nSPS) is 12.9. The molecule has 0 radical (unpaired) electrons. The standard InChI is InChI=1S/C12H18O2/c1-9(2)11-5-4-6-12(7-11)14-8-10(3)13/h4-7,9-10,13H,8H2,1-3H3. The molecular weight excluding hydrogens is 176 g/mol. The molecule has 0 amide bonds. The van der Waals surface area contributed by atoms with E-state index in [1.165, 1.54) is 5.56 Å². The molecule has 0 saturated heterocycles. The fourth-order valence-electron chi connectivity index (χ4n) is 1.18. The van der Waals surface area contributed by atoms with E-state index in [9.17, 15) is 0 Å². The lowest BCUT2D eigenvalue weighted by Gasteiger charge is -2.10. The minimum Gasteiger partial charge on any atom is -0.491 e. The van der Waals surface area contributed by atoms with Crippen molar-refractivity contribution in [2.45, 2.75) is 32.8 Å². The summed E-state index contributed by atoms with van der Waals surface area (Å²) in [6.45, 7) is 6.36. The molecule has 1 aromatic rings. The summed E-state index contributed by atoms with van der Waals surface area (Å²) < 4.78 is 5.41. The minimum absolute atomic E-state index is 0.349. The number of hydrogen-bond donors (Lipinski definition) is 1. The van der Waals surface area contributed by atoms with Gasteiger partial charge in [0.1, 0.15) is 12.4 Å². The van der Waals surface area contributed by atoms with Gasteiger partial charge in [-0.05, 0) is 30.5 Å². The van der Waals surface area contributed by atoms with Crippen LogP contribution in [0.25, 0.3) is 0 Å². The molecule has 2 heteroatoms. The van der Waals surface area contributed by atoms with Gasteiger partial charge < -0.3 is 9.84 Å². The van der Waals surface area contributed by atoms with E-state index in [4.69, 9.17) is 9.84 Å². The van der Waals surface area contributed by atoms with Crippen molar-refractivity contribution in [3.05, 3.63) is 29.8 Å². The van der Waals surface area contributed by atoms with Crippen LogP contribution in [0.15, 0.2) is 24.3 Å². The summed E-state index contributed by atoms with van der Waals surface area (Å²) in [5, 5.41) is 9.07. The predicted octanol–water partition coefficient (Wildman–Crippen LogP) is 2.57. The highest BCUT2D eigenvalue weighted by Gasteiger charge is 2.02. The van der Waals surface area contributed by atoms with Gasteiger partial charge in [0.2, 0.25) is 0 Å². The Bertz CT molecular complexity index is 279. The maximum absolute atomic E-state index is 9.07. The monoisotopic (exact) mass is 194 g/mol. The summed E-state index contributed by atoms with van der Waals surface area (Å²) in [6, 6.07) is 7.99. The second-order valence-corrected chi connectivity index (χ2v) is 3.89. The van der Waals surface area contributed by atoms with E-state index in [1.54, 1.807) is 6.92 Å². The van der Waals surface area contributed by atoms with E-state index in [2.05, 4.69) is 19.9 Å². The zero-order valence-corrected chi connectivity index (χ0v) is 9.03. The number of benzene rings is 1. The Balaban J connectivity index is 2.64. The third kappa shape index (κ3) is 3.38. The molecule has 0 spiro atoms. The number of aliphatic hydroxyl groups is 1. The second-order valence-electron chi connectivity index (χ2n) is 3.89. The Morgan fingerprint density at radius 1 is 1.29 bits per heavy atom. The molecule has 0 saturated carbocycles. The zero-order chi connectivity index (χ0) is 10.6. The third-order valence-corrected chi connectivity index (χ3v) is 2.02. The van der Waals surface area contributed by atoms with E-state index >= 15 is 0 Å². The third-order valence-electron chi connectivity index (χ3n) is 2.02. The first-order valence-electron chi connectivity index (χ1n) is 5.00. The van der Waals surface area contributed by atoms with Gasteiger partial charge in [-0.3, -0.25) is 0 Å². The maximum Gasteiger partial charge on any atom is 0.119 e. The van der Waals surface area contributed by atoms with Crippen LogP contribution < -0.4 is 4.74 Å². The highest BCUT2D eigenvalue weighted by atomic mass is 16.5. The topological polar surface area (TPSA) is 29.5 Å². The van der Waals surface area contributed by atoms with Crippen LogP contribution in [0.4, 0.5) is 0 Å². The van der Waals surface area contributed by atoms with Crippen LogP contribution in [-0.4, -0.2) is 17.8 Å². The molecule has 1 rings (SSSR count). The molecule has 2 nitrogen and oxygen atoms in total. The van der Waals surface area contributed by atoms with Crippen molar-refractivity contribution in [1.29, 1.82) is 0 Å². The number of aliphatic hydroxyl groups excluding tert-OH is 1. The van der Waals surface area contributed by atoms with Crippen molar-refractivity contribution < 1.29 is 9.84 Å². The first-order valence-corrected chi connectivity index (χ1v) is 5.00. The molecule has 1 unspecified atom stereocenters. The molecule has 1 N–H and O–H groups in total. The second kappa shape index (κ2) is 5.01. The Labute approximate surface area is 85.5 Å². The van der Waals surface area contributed by atoms with Crippen molar-refractivity contribution in [3.8, 4) is 5.75 Å². The quantitative estimate of drug-likeness (QED) is 0.798. The van der Waals surface area contributed by atoms with Crippen molar-refractivity contribution in [2.24, 2.45) is 0 Å². The highest BCUT2D eigenvalue weighted by molar-refractivity contribution is 5.30. The molecule has 0 aromatic heterocycles. The molecule has 0 aliphatic rings. The smallest absolute Gasteiger partial charge is 0.119 e. The SMILES string of the molecule is CC(O)COc1cccc(C(C)C)c1. The molecule has 0 aliphatic heterocycles. The van der Waals surface area contributed by atoms with Gasteiger partial charge in [0.05, 0.1) is 6.10 Å². The van der Waals surface area contributed by atoms with Gasteiger partial charge in [0.15, 0.2) is 0 Å². The zero-order valence-electron chi connectivity index (χ0n) is 9.03. The first kappa shape index (κ1) is 11.1. The molecule has 0 fully saturated rings. The number of hydrogen-bond acceptors (Lipinski definition) is 2. The van der Waals surface area contributed by atoms with E-state index in [1.807, 2.05) is 18.2 Å². The van der Waals surface area contributed by atoms with E-state index in [0.29, 0.717) is 12.5 Å². The first-order chi connectivity index (χ1) is 6.59. The molecule has 78 valence electrons. The summed E-state index contributed by atoms with van der Waals surface area (Å²) in [6.07, 6.45) is -0.419. The van der Waals surface area contributed by atoms with Crippen LogP contribution in [0, 0.1) is 0 Å². The lowest BCUT2D eigenvalue weighted by molar-refractivity contribution is 0.122. The van der Waals surface area contributed by atoms with Gasteiger partial charge in [0.25, 0.3) is 0 Å². The van der Waals surface area contributed by atoms with Crippen LogP contribution in [0.5, 0.6) is 5.75 Å². The fraction of sp³-hybridized carbons (Fsp3) is 0.500. The Morgan fingerprint density at radius 3 is 2.57 bits per heavy atom. The van der Waals surface area contributed by atoms with E-state index in [0.717, 1.165) is 5.75 Å². The summed E-state index contributed by atoms with van der Waals surface area (Å²) in [5.41, 5.74) is 1.26. The van der Waals surface area contributed by atoms with Crippen molar-refractivity contribution in [3.63, 3.8) is 0 Å². The molecule has 1 aromatic carbocycles. The fourth-order valence-corrected chi connectivity index (χ4v) is 1.18. The van der Waals surface area contributed by atoms with Gasteiger partial charge in [-0.15, -0.1) is 0 Å². The van der Waals surface area contributed by atoms with Crippen LogP contribution in [0.2, 0.25) is 0 Å². The lowest BCUT2D eigenvalue weighted by Crippen LogP contribution is -2.12. The van der Waals surface area contributed by atoms with Gasteiger partial charge >= 0.3 is 0 Å². The summed E-state index contributed by atoms with van der Waals surface area (Å²) in [5.74, 6) is 1.34. The van der Waals surface area contributed by atoms with Gasteiger partial charge in [-0.25, -0.2) is 0 Å². The molecule has 0 bridgehead atoms. The van der Waals surface area contributed by atoms with Gasteiger partial charge in [0, 0.05) is 0 Å². The Hall–Kier alpha value is -1.02. The van der Waals surface area contributed by atoms with E-state index in [-0.39, 0.29) is 0 Å². The number of ether oxygens (including phenoxy) is 1. The molecule has 14 heavy (non-hydrogen) atoms. The largest absolute Gasteiger partial charge is 0.491 e. The summed E-state index contributed by atoms with van der Waals surface area (Å²) >= 11 is 0. The van der Waals surface area contributed by atoms with Crippen molar-refractivity contribution in [1.82, 2.24) is 0 Å². The summed E-state index contributed by atoms with van der Waals surface area (Å²) in [7, 11) is 0. The molecule has 0 aliphatic carbocycles. The molecule has 0 heterocycles. The average Bonchev–Trinajstić information content (AvgIpc) is 2.15. The Morgan fingerprint density at radius 2 is 2.00 bits per heavy atom. The average molecular weight is 194 g/mol. The number of rotatable bonds is 4. The lowest BCUT2D eigenvalue weighted by atomic mass is 10.0. The van der Waals surface area contributed by atoms with Crippen LogP contribution in [-0.2, 0) is 0 Å². The highest BCUT2D eigenvalue weighted by Crippen LogP contribution is 2.20.